The third kappa shape index (κ3) is 6.02. The molecule has 0 aromatic heterocycles. The van der Waals surface area contributed by atoms with Crippen LogP contribution < -0.4 is 10.1 Å². The minimum absolute atomic E-state index is 0.0245. The minimum Gasteiger partial charge on any atom is -0.494 e. The normalized spacial score (nSPS) is 17.0. The fourth-order valence-electron chi connectivity index (χ4n) is 3.44. The maximum absolute atomic E-state index is 13.3. The van der Waals surface area contributed by atoms with Crippen molar-refractivity contribution >= 4 is 40.1 Å². The summed E-state index contributed by atoms with van der Waals surface area (Å²) >= 11 is 1.24. The predicted octanol–water partition coefficient (Wildman–Crippen LogP) is 5.38. The number of nitrogens with zero attached hydrogens (tertiary/aromatic N) is 2. The van der Waals surface area contributed by atoms with E-state index in [0.717, 1.165) is 5.56 Å². The zero-order valence-electron chi connectivity index (χ0n) is 18.6. The van der Waals surface area contributed by atoms with Crippen LogP contribution in [-0.4, -0.2) is 33.7 Å². The van der Waals surface area contributed by atoms with E-state index in [1.165, 1.54) is 23.9 Å². The van der Waals surface area contributed by atoms with Gasteiger partial charge in [-0.1, -0.05) is 48.2 Å². The van der Waals surface area contributed by atoms with Crippen LogP contribution in [0.4, 0.5) is 15.8 Å². The van der Waals surface area contributed by atoms with Gasteiger partial charge in [0.2, 0.25) is 11.8 Å². The van der Waals surface area contributed by atoms with Gasteiger partial charge in [-0.15, -0.1) is 0 Å². The van der Waals surface area contributed by atoms with E-state index in [9.17, 15) is 14.0 Å². The number of ether oxygens (including phenoxy) is 1. The second-order valence-electron chi connectivity index (χ2n) is 7.60. The average molecular weight is 478 g/mol. The quantitative estimate of drug-likeness (QED) is 0.496. The fourth-order valence-corrected chi connectivity index (χ4v) is 4.53. The topological polar surface area (TPSA) is 71.0 Å². The summed E-state index contributed by atoms with van der Waals surface area (Å²) in [4.78, 5) is 32.4. The summed E-state index contributed by atoms with van der Waals surface area (Å²) in [6.45, 7) is 2.65. The third-order valence-corrected chi connectivity index (χ3v) is 6.27. The molecule has 1 aliphatic rings. The van der Waals surface area contributed by atoms with Crippen LogP contribution >= 0.6 is 11.8 Å². The molecule has 1 fully saturated rings. The minimum atomic E-state index is -0.643. The first-order valence-electron chi connectivity index (χ1n) is 10.9. The molecule has 0 saturated carbocycles. The van der Waals surface area contributed by atoms with E-state index in [1.54, 1.807) is 35.2 Å². The van der Waals surface area contributed by atoms with Gasteiger partial charge >= 0.3 is 0 Å². The van der Waals surface area contributed by atoms with Crippen LogP contribution in [0.1, 0.15) is 18.9 Å². The Hall–Kier alpha value is -3.65. The van der Waals surface area contributed by atoms with Crippen molar-refractivity contribution in [3.05, 3.63) is 90.2 Å². The number of anilines is 1. The lowest BCUT2D eigenvalue weighted by atomic mass is 10.2. The molecular formula is C26H24FN3O3S. The molecule has 3 aromatic rings. The number of amides is 2. The third-order valence-electron chi connectivity index (χ3n) is 5.08. The highest BCUT2D eigenvalue weighted by Crippen LogP contribution is 2.31. The molecule has 1 unspecified atom stereocenters. The van der Waals surface area contributed by atoms with Crippen LogP contribution in [-0.2, 0) is 16.1 Å². The van der Waals surface area contributed by atoms with E-state index in [-0.39, 0.29) is 30.6 Å². The molecule has 1 N–H and O–H groups in total. The van der Waals surface area contributed by atoms with Crippen LogP contribution in [0.2, 0.25) is 0 Å². The molecule has 0 aliphatic carbocycles. The molecule has 1 aliphatic heterocycles. The molecule has 3 aromatic carbocycles. The van der Waals surface area contributed by atoms with E-state index in [0.29, 0.717) is 28.9 Å². The molecular weight excluding hydrogens is 453 g/mol. The lowest BCUT2D eigenvalue weighted by molar-refractivity contribution is -0.129. The van der Waals surface area contributed by atoms with Crippen molar-refractivity contribution in [3.63, 3.8) is 0 Å². The molecule has 0 spiro atoms. The summed E-state index contributed by atoms with van der Waals surface area (Å²) in [6.07, 6.45) is 0.0245. The zero-order valence-corrected chi connectivity index (χ0v) is 19.4. The number of thioether (sulfide) groups is 1. The van der Waals surface area contributed by atoms with Crippen molar-refractivity contribution in [1.82, 2.24) is 4.90 Å². The fraction of sp³-hybridized carbons (Fsp3) is 0.192. The van der Waals surface area contributed by atoms with Crippen molar-refractivity contribution in [2.24, 2.45) is 4.99 Å². The molecule has 1 atom stereocenters. The standard InChI is InChI=1S/C26H24FN3O3S/c1-2-33-22-10-6-9-21(15-22)28-25(32)23-16-24(31)30(17-18-11-13-19(27)14-12-18)26(34-23)29-20-7-4-3-5-8-20/h3-15,23H,2,16-17H2,1H3,(H,28,32). The Morgan fingerprint density at radius 2 is 1.88 bits per heavy atom. The molecule has 0 radical (unpaired) electrons. The maximum atomic E-state index is 13.3. The molecule has 1 heterocycles. The second-order valence-corrected chi connectivity index (χ2v) is 8.77. The number of hydrogen-bond donors (Lipinski definition) is 1. The van der Waals surface area contributed by atoms with Gasteiger partial charge < -0.3 is 10.1 Å². The molecule has 4 rings (SSSR count). The number of carbonyl (C=O) groups is 2. The summed E-state index contributed by atoms with van der Waals surface area (Å²) in [5, 5.41) is 2.66. The number of benzene rings is 3. The molecule has 174 valence electrons. The average Bonchev–Trinajstić information content (AvgIpc) is 2.83. The van der Waals surface area contributed by atoms with E-state index < -0.39 is 5.25 Å². The number of hydrogen-bond acceptors (Lipinski definition) is 5. The van der Waals surface area contributed by atoms with E-state index in [4.69, 9.17) is 4.74 Å². The molecule has 6 nitrogen and oxygen atoms in total. The van der Waals surface area contributed by atoms with Crippen molar-refractivity contribution < 1.29 is 18.7 Å². The number of para-hydroxylation sites is 1. The van der Waals surface area contributed by atoms with Gasteiger partial charge in [-0.25, -0.2) is 9.38 Å². The van der Waals surface area contributed by atoms with Crippen molar-refractivity contribution in [2.75, 3.05) is 11.9 Å². The Kier molecular flexibility index (Phi) is 7.59. The maximum Gasteiger partial charge on any atom is 0.238 e. The molecule has 2 amide bonds. The highest BCUT2D eigenvalue weighted by molar-refractivity contribution is 8.15. The molecule has 34 heavy (non-hydrogen) atoms. The Labute approximate surface area is 201 Å². The van der Waals surface area contributed by atoms with Crippen LogP contribution in [0.25, 0.3) is 0 Å². The van der Waals surface area contributed by atoms with Crippen molar-refractivity contribution in [2.45, 2.75) is 25.1 Å². The number of nitrogens with one attached hydrogen (secondary N) is 1. The first-order chi connectivity index (χ1) is 16.5. The monoisotopic (exact) mass is 477 g/mol. The summed E-state index contributed by atoms with van der Waals surface area (Å²) in [5.41, 5.74) is 2.04. The number of carbonyl (C=O) groups excluding carboxylic acids is 2. The summed E-state index contributed by atoms with van der Waals surface area (Å²) in [7, 11) is 0. The van der Waals surface area contributed by atoms with Gasteiger partial charge in [-0.2, -0.15) is 0 Å². The van der Waals surface area contributed by atoms with Gasteiger partial charge in [0.25, 0.3) is 0 Å². The van der Waals surface area contributed by atoms with E-state index >= 15 is 0 Å². The van der Waals surface area contributed by atoms with Gasteiger partial charge in [-0.05, 0) is 48.9 Å². The molecule has 8 heteroatoms. The molecule has 0 bridgehead atoms. The van der Waals surface area contributed by atoms with Gasteiger partial charge in [0.1, 0.15) is 16.8 Å². The number of halogens is 1. The van der Waals surface area contributed by atoms with E-state index in [2.05, 4.69) is 10.3 Å². The Bertz CT molecular complexity index is 1190. The predicted molar refractivity (Wildman–Crippen MR) is 133 cm³/mol. The number of aliphatic imine (C=N–C) groups is 1. The summed E-state index contributed by atoms with van der Waals surface area (Å²) in [6, 6.07) is 22.4. The Morgan fingerprint density at radius 1 is 1.12 bits per heavy atom. The number of amidine groups is 1. The van der Waals surface area contributed by atoms with Crippen LogP contribution in [0.5, 0.6) is 5.75 Å². The van der Waals surface area contributed by atoms with Gasteiger partial charge in [0, 0.05) is 18.2 Å². The molecule has 1 saturated heterocycles. The first kappa shape index (κ1) is 23.5. The first-order valence-corrected chi connectivity index (χ1v) is 11.8. The summed E-state index contributed by atoms with van der Waals surface area (Å²) < 4.78 is 18.8. The Morgan fingerprint density at radius 3 is 2.62 bits per heavy atom. The SMILES string of the molecule is CCOc1cccc(NC(=O)C2CC(=O)N(Cc3ccc(F)cc3)C(=Nc3ccccc3)S2)c1. The van der Waals surface area contributed by atoms with Crippen molar-refractivity contribution in [1.29, 1.82) is 0 Å². The lowest BCUT2D eigenvalue weighted by Crippen LogP contribution is -2.44. The second kappa shape index (κ2) is 11.0. The summed E-state index contributed by atoms with van der Waals surface area (Å²) in [5.74, 6) is -0.189. The smallest absolute Gasteiger partial charge is 0.238 e. The highest BCUT2D eigenvalue weighted by Gasteiger charge is 2.36. The van der Waals surface area contributed by atoms with Gasteiger partial charge in [0.05, 0.1) is 18.8 Å². The lowest BCUT2D eigenvalue weighted by Gasteiger charge is -2.32. The van der Waals surface area contributed by atoms with Gasteiger partial charge in [0.15, 0.2) is 5.17 Å². The van der Waals surface area contributed by atoms with Crippen LogP contribution in [0, 0.1) is 5.82 Å². The highest BCUT2D eigenvalue weighted by atomic mass is 32.2. The zero-order chi connectivity index (χ0) is 23.9. The van der Waals surface area contributed by atoms with E-state index in [1.807, 2.05) is 43.3 Å². The largest absolute Gasteiger partial charge is 0.494 e. The van der Waals surface area contributed by atoms with Crippen LogP contribution in [0.3, 0.4) is 0 Å². The Balaban J connectivity index is 1.56. The number of rotatable bonds is 7. The van der Waals surface area contributed by atoms with Crippen LogP contribution in [0.15, 0.2) is 83.9 Å². The van der Waals surface area contributed by atoms with Gasteiger partial charge in [-0.3, -0.25) is 14.5 Å². The van der Waals surface area contributed by atoms with Crippen molar-refractivity contribution in [3.8, 4) is 5.75 Å².